The van der Waals surface area contributed by atoms with E-state index in [0.29, 0.717) is 10.1 Å². The van der Waals surface area contributed by atoms with Gasteiger partial charge >= 0.3 is 17.8 Å². The van der Waals surface area contributed by atoms with Crippen LogP contribution in [0.2, 0.25) is 0 Å². The lowest BCUT2D eigenvalue weighted by molar-refractivity contribution is -0.198. The fourth-order valence-corrected chi connectivity index (χ4v) is 1.61. The van der Waals surface area contributed by atoms with Gasteiger partial charge in [-0.2, -0.15) is 9.86 Å². The Morgan fingerprint density at radius 3 is 2.29 bits per heavy atom. The average molecular weight is 340 g/mol. The molecular weight excluding hydrogens is 326 g/mol. The number of carbonyl (C=O) groups is 6. The highest BCUT2D eigenvalue weighted by Crippen LogP contribution is 2.13. The monoisotopic (exact) mass is 340 g/mol. The third kappa shape index (κ3) is 5.16. The molecule has 11 nitrogen and oxygen atoms in total. The van der Waals surface area contributed by atoms with Crippen LogP contribution in [0.1, 0.15) is 32.1 Å². The minimum Gasteiger partial charge on any atom is -0.330 e. The number of imide groups is 1. The van der Waals surface area contributed by atoms with Crippen molar-refractivity contribution in [1.82, 2.24) is 10.1 Å². The summed E-state index contributed by atoms with van der Waals surface area (Å²) in [5.74, 6) is -5.56. The van der Waals surface area contributed by atoms with E-state index in [-0.39, 0.29) is 32.1 Å². The highest BCUT2D eigenvalue weighted by molar-refractivity contribution is 6.36. The first kappa shape index (κ1) is 18.8. The largest absolute Gasteiger partial charge is 0.628 e. The Balaban J connectivity index is 2.32. The second-order valence-electron chi connectivity index (χ2n) is 4.60. The Labute approximate surface area is 135 Å². The van der Waals surface area contributed by atoms with Gasteiger partial charge in [0.05, 0.1) is 0 Å². The highest BCUT2D eigenvalue weighted by atomic mass is 16.7. The van der Waals surface area contributed by atoms with Crippen molar-refractivity contribution in [3.63, 3.8) is 0 Å². The molecule has 1 saturated heterocycles. The lowest BCUT2D eigenvalue weighted by Gasteiger charge is -2.14. The zero-order valence-electron chi connectivity index (χ0n) is 12.7. The van der Waals surface area contributed by atoms with E-state index in [1.807, 2.05) is 0 Å². The number of nitrogens with zero attached hydrogens (tertiary/aromatic N) is 3. The predicted molar refractivity (Wildman–Crippen MR) is 73.2 cm³/mol. The van der Waals surface area contributed by atoms with Crippen LogP contribution in [0.15, 0.2) is 0 Å². The van der Waals surface area contributed by atoms with E-state index in [2.05, 4.69) is 21.1 Å². The van der Waals surface area contributed by atoms with E-state index >= 15 is 0 Å². The molecule has 0 aromatic rings. The molecule has 128 valence electrons. The smallest absolute Gasteiger partial charge is 0.330 e. The molecule has 4 amide bonds. The van der Waals surface area contributed by atoms with Crippen LogP contribution in [0.5, 0.6) is 0 Å². The maximum atomic E-state index is 11.6. The second kappa shape index (κ2) is 8.37. The lowest BCUT2D eigenvalue weighted by atomic mass is 10.2. The van der Waals surface area contributed by atoms with Crippen LogP contribution >= 0.6 is 0 Å². The van der Waals surface area contributed by atoms with E-state index in [1.165, 1.54) is 0 Å². The van der Waals surface area contributed by atoms with Gasteiger partial charge in [0.2, 0.25) is 0 Å². The van der Waals surface area contributed by atoms with Gasteiger partial charge in [0.15, 0.2) is 0 Å². The van der Waals surface area contributed by atoms with E-state index in [1.54, 1.807) is 0 Å². The summed E-state index contributed by atoms with van der Waals surface area (Å²) in [6.45, 7) is 4.59. The molecule has 1 rings (SSSR count). The fraction of sp³-hybridized carbons (Fsp3) is 0.462. The first-order valence-electron chi connectivity index (χ1n) is 6.76. The molecule has 0 saturated carbocycles. The third-order valence-electron chi connectivity index (χ3n) is 2.83. The van der Waals surface area contributed by atoms with Crippen LogP contribution in [0.25, 0.3) is 4.85 Å². The van der Waals surface area contributed by atoms with Crippen molar-refractivity contribution in [1.29, 1.82) is 0 Å². The van der Waals surface area contributed by atoms with E-state index in [9.17, 15) is 28.8 Å². The topological polar surface area (TPSA) is 132 Å². The normalized spacial score (nSPS) is 13.2. The van der Waals surface area contributed by atoms with E-state index in [4.69, 9.17) is 0 Å². The van der Waals surface area contributed by atoms with Crippen LogP contribution in [-0.4, -0.2) is 52.7 Å². The summed E-state index contributed by atoms with van der Waals surface area (Å²) in [4.78, 5) is 79.0. The number of hydrogen-bond donors (Lipinski definition) is 0. The minimum atomic E-state index is -1.43. The Kier molecular flexibility index (Phi) is 6.54. The van der Waals surface area contributed by atoms with Crippen molar-refractivity contribution in [2.45, 2.75) is 32.1 Å². The van der Waals surface area contributed by atoms with Gasteiger partial charge in [-0.25, -0.2) is 9.59 Å². The van der Waals surface area contributed by atoms with Crippen molar-refractivity contribution in [3.8, 4) is 6.57 Å². The molecule has 0 N–H and O–H groups in total. The van der Waals surface area contributed by atoms with Gasteiger partial charge < -0.3 is 9.68 Å². The Hall–Kier alpha value is -3.29. The third-order valence-corrected chi connectivity index (χ3v) is 2.83. The van der Waals surface area contributed by atoms with Crippen LogP contribution < -0.4 is 0 Å². The summed E-state index contributed by atoms with van der Waals surface area (Å²) in [6.07, 6.45) is -0.496. The van der Waals surface area contributed by atoms with E-state index in [0.717, 1.165) is 7.05 Å². The molecular formula is C13H14N3O8+. The van der Waals surface area contributed by atoms with Gasteiger partial charge in [0.1, 0.15) is 0 Å². The van der Waals surface area contributed by atoms with Gasteiger partial charge in [-0.1, -0.05) is 0 Å². The van der Waals surface area contributed by atoms with Crippen LogP contribution in [0.3, 0.4) is 0 Å². The molecule has 1 fully saturated rings. The quantitative estimate of drug-likeness (QED) is 0.360. The number of hydroxylamine groups is 4. The zero-order valence-corrected chi connectivity index (χ0v) is 12.7. The summed E-state index contributed by atoms with van der Waals surface area (Å²) in [5, 5.41) is 0.907. The number of carbonyl (C=O) groups excluding carboxylic acids is 6. The van der Waals surface area contributed by atoms with Gasteiger partial charge in [-0.3, -0.25) is 14.4 Å². The SMILES string of the molecule is C#[N+]C(=O)C(=O)ON(C)C(=O)CCCC(=O)ON1C(=O)CCC1=O. The summed E-state index contributed by atoms with van der Waals surface area (Å²) in [7, 11) is 1.09. The molecule has 0 unspecified atom stereocenters. The number of amides is 4. The maximum absolute atomic E-state index is 11.6. The van der Waals surface area contributed by atoms with Crippen molar-refractivity contribution in [2.75, 3.05) is 7.05 Å². The summed E-state index contributed by atoms with van der Waals surface area (Å²) in [6, 6.07) is 0. The zero-order chi connectivity index (χ0) is 18.3. The predicted octanol–water partition coefficient (Wildman–Crippen LogP) is -0.830. The number of hydrogen-bond acceptors (Lipinski definition) is 8. The molecule has 11 heteroatoms. The Morgan fingerprint density at radius 2 is 1.75 bits per heavy atom. The van der Waals surface area contributed by atoms with Crippen molar-refractivity contribution in [3.05, 3.63) is 4.85 Å². The van der Waals surface area contributed by atoms with Crippen LogP contribution in [-0.2, 0) is 38.4 Å². The van der Waals surface area contributed by atoms with Crippen LogP contribution in [0.4, 0.5) is 0 Å². The average Bonchev–Trinajstić information content (AvgIpc) is 2.85. The molecule has 0 aliphatic carbocycles. The first-order valence-corrected chi connectivity index (χ1v) is 6.76. The molecule has 24 heavy (non-hydrogen) atoms. The Morgan fingerprint density at radius 1 is 1.17 bits per heavy atom. The van der Waals surface area contributed by atoms with Crippen molar-refractivity contribution in [2.24, 2.45) is 0 Å². The minimum absolute atomic E-state index is 0.00495. The molecule has 0 aromatic carbocycles. The van der Waals surface area contributed by atoms with E-state index < -0.39 is 35.6 Å². The molecule has 1 aliphatic rings. The number of rotatable bonds is 5. The fourth-order valence-electron chi connectivity index (χ4n) is 1.61. The molecule has 0 spiro atoms. The molecule has 1 heterocycles. The van der Waals surface area contributed by atoms with Gasteiger partial charge in [-0.15, -0.1) is 5.06 Å². The second-order valence-corrected chi connectivity index (χ2v) is 4.60. The summed E-state index contributed by atoms with van der Waals surface area (Å²) >= 11 is 0. The molecule has 0 atom stereocenters. The Bertz CT molecular complexity index is 620. The lowest BCUT2D eigenvalue weighted by Crippen LogP contribution is -2.33. The first-order chi connectivity index (χ1) is 11.3. The summed E-state index contributed by atoms with van der Waals surface area (Å²) < 4.78 is 0. The van der Waals surface area contributed by atoms with Gasteiger partial charge in [0, 0.05) is 37.6 Å². The standard InChI is InChI=1S/C13H14N3O8/c1-14-12(21)13(22)24-15(2)8(17)4-3-5-11(20)23-16-9(18)6-7-10(16)19/h1H,3-7H2,2H3/q+1. The molecule has 0 bridgehead atoms. The van der Waals surface area contributed by atoms with Crippen molar-refractivity contribution >= 4 is 35.6 Å². The molecule has 0 radical (unpaired) electrons. The maximum Gasteiger partial charge on any atom is 0.628 e. The highest BCUT2D eigenvalue weighted by Gasteiger charge is 2.33. The molecule has 1 aliphatic heterocycles. The van der Waals surface area contributed by atoms with Crippen LogP contribution in [0, 0.1) is 6.57 Å². The molecule has 0 aromatic heterocycles. The van der Waals surface area contributed by atoms with Gasteiger partial charge in [0.25, 0.3) is 24.3 Å². The van der Waals surface area contributed by atoms with Gasteiger partial charge in [-0.05, 0) is 6.42 Å². The summed E-state index contributed by atoms with van der Waals surface area (Å²) in [5.41, 5.74) is 0. The van der Waals surface area contributed by atoms with Crippen molar-refractivity contribution < 1.29 is 38.4 Å².